The number of hydrogen-bond acceptors (Lipinski definition) is 5. The Morgan fingerprint density at radius 3 is 1.19 bits per heavy atom. The Morgan fingerprint density at radius 1 is 0.371 bits per heavy atom. The third-order valence-electron chi connectivity index (χ3n) is 10.9. The molecule has 0 rings (SSSR count). The molecule has 62 heavy (non-hydrogen) atoms. The molecule has 0 saturated carbocycles. The fourth-order valence-corrected chi connectivity index (χ4v) is 7.08. The van der Waals surface area contributed by atoms with E-state index in [4.69, 9.17) is 14.2 Å². The predicted octanol–water partition coefficient (Wildman–Crippen LogP) is 17.7. The average molecular weight is 863 g/mol. The summed E-state index contributed by atoms with van der Waals surface area (Å²) in [4.78, 5) is 25.4. The molecule has 5 nitrogen and oxygen atoms in total. The highest BCUT2D eigenvalue weighted by Crippen LogP contribution is 2.15. The maximum Gasteiger partial charge on any atom is 0.306 e. The van der Waals surface area contributed by atoms with Crippen molar-refractivity contribution in [1.82, 2.24) is 0 Å². The van der Waals surface area contributed by atoms with Crippen LogP contribution in [0.5, 0.6) is 0 Å². The zero-order chi connectivity index (χ0) is 44.9. The Morgan fingerprint density at radius 2 is 0.726 bits per heavy atom. The van der Waals surface area contributed by atoms with E-state index in [9.17, 15) is 9.59 Å². The third kappa shape index (κ3) is 49.7. The van der Waals surface area contributed by atoms with Crippen LogP contribution in [0.3, 0.4) is 0 Å². The lowest BCUT2D eigenvalue weighted by Crippen LogP contribution is -2.30. The molecule has 0 spiro atoms. The summed E-state index contributed by atoms with van der Waals surface area (Å²) in [5.41, 5.74) is 0. The second-order valence-electron chi connectivity index (χ2n) is 17.0. The Kier molecular flexibility index (Phi) is 50.0. The van der Waals surface area contributed by atoms with E-state index in [0.29, 0.717) is 19.4 Å². The first-order chi connectivity index (χ1) is 30.6. The summed E-state index contributed by atoms with van der Waals surface area (Å²) in [5.74, 6) is -0.444. The minimum absolute atomic E-state index is 0.0501. The van der Waals surface area contributed by atoms with E-state index in [-0.39, 0.29) is 25.2 Å². The summed E-state index contributed by atoms with van der Waals surface area (Å²) in [7, 11) is 0. The Hall–Kier alpha value is -2.92. The average Bonchev–Trinajstić information content (AvgIpc) is 3.27. The van der Waals surface area contributed by atoms with E-state index >= 15 is 0 Å². The standard InChI is InChI=1S/C57H98O5/c1-4-7-10-13-16-19-22-25-27-29-30-33-35-38-41-44-47-50-56(58)61-54-55(62-57(59)51-48-45-42-39-36-32-24-21-18-15-12-9-6-3)53-60-52-49-46-43-40-37-34-31-28-26-23-20-17-14-11-8-5-2/h8,11,16-17,19-20,25-28,34,37,43,46,55H,4-7,9-10,12-15,18,21-24,29-33,35-36,38-42,44-45,47-54H2,1-3H3/b11-8-,19-16-,20-17-,27-25-,28-26-,37-34-,46-43-. The number of carbonyl (C=O) groups excluding carboxylic acids is 2. The molecule has 0 aliphatic heterocycles. The van der Waals surface area contributed by atoms with Crippen molar-refractivity contribution in [2.75, 3.05) is 19.8 Å². The summed E-state index contributed by atoms with van der Waals surface area (Å²) in [6.45, 7) is 7.48. The van der Waals surface area contributed by atoms with Gasteiger partial charge in [0.25, 0.3) is 0 Å². The van der Waals surface area contributed by atoms with Crippen LogP contribution in [0.25, 0.3) is 0 Å². The molecule has 1 atom stereocenters. The highest BCUT2D eigenvalue weighted by Gasteiger charge is 2.17. The van der Waals surface area contributed by atoms with Gasteiger partial charge in [0.2, 0.25) is 0 Å². The molecule has 0 bridgehead atoms. The molecule has 0 aliphatic rings. The monoisotopic (exact) mass is 863 g/mol. The van der Waals surface area contributed by atoms with Gasteiger partial charge in [-0.25, -0.2) is 0 Å². The van der Waals surface area contributed by atoms with Crippen LogP contribution in [-0.4, -0.2) is 37.9 Å². The van der Waals surface area contributed by atoms with Crippen molar-refractivity contribution >= 4 is 11.9 Å². The summed E-state index contributed by atoms with van der Waals surface area (Å²) < 4.78 is 17.3. The van der Waals surface area contributed by atoms with E-state index in [2.05, 4.69) is 106 Å². The Balaban J connectivity index is 4.38. The van der Waals surface area contributed by atoms with E-state index in [1.807, 2.05) is 0 Å². The minimum Gasteiger partial charge on any atom is -0.462 e. The lowest BCUT2D eigenvalue weighted by molar-refractivity contribution is -0.162. The first kappa shape index (κ1) is 59.1. The van der Waals surface area contributed by atoms with Crippen LogP contribution in [0.2, 0.25) is 0 Å². The molecule has 0 aromatic rings. The molecule has 0 aliphatic carbocycles. The number of rotatable bonds is 47. The van der Waals surface area contributed by atoms with Crippen LogP contribution in [0.4, 0.5) is 0 Å². The molecule has 0 radical (unpaired) electrons. The second-order valence-corrected chi connectivity index (χ2v) is 17.0. The number of carbonyl (C=O) groups is 2. The van der Waals surface area contributed by atoms with E-state index in [1.165, 1.54) is 128 Å². The maximum atomic E-state index is 12.8. The van der Waals surface area contributed by atoms with Crippen molar-refractivity contribution in [2.45, 2.75) is 245 Å². The van der Waals surface area contributed by atoms with Crippen LogP contribution in [0, 0.1) is 0 Å². The number of esters is 2. The van der Waals surface area contributed by atoms with Gasteiger partial charge < -0.3 is 14.2 Å². The zero-order valence-electron chi connectivity index (χ0n) is 40.9. The molecule has 0 aromatic heterocycles. The SMILES string of the molecule is CC/C=C\C/C=C\C/C=C\C/C=C\C/C=C\CCOCC(COC(=O)CCCCCCCCC/C=C\C/C=C\CCCCC)OC(=O)CCCCCCCCCCCCCCC. The first-order valence-corrected chi connectivity index (χ1v) is 26.1. The molecule has 5 heteroatoms. The minimum atomic E-state index is -0.580. The van der Waals surface area contributed by atoms with Crippen molar-refractivity contribution in [1.29, 1.82) is 0 Å². The highest BCUT2D eigenvalue weighted by molar-refractivity contribution is 5.70. The van der Waals surface area contributed by atoms with Gasteiger partial charge in [0, 0.05) is 12.8 Å². The highest BCUT2D eigenvalue weighted by atomic mass is 16.6. The number of allylic oxidation sites excluding steroid dienone is 13. The van der Waals surface area contributed by atoms with Gasteiger partial charge in [-0.2, -0.15) is 0 Å². The van der Waals surface area contributed by atoms with Crippen LogP contribution in [-0.2, 0) is 23.8 Å². The smallest absolute Gasteiger partial charge is 0.306 e. The number of ether oxygens (including phenoxy) is 3. The van der Waals surface area contributed by atoms with Crippen molar-refractivity contribution in [3.63, 3.8) is 0 Å². The summed E-state index contributed by atoms with van der Waals surface area (Å²) in [6, 6.07) is 0. The molecule has 1 unspecified atom stereocenters. The summed E-state index contributed by atoms with van der Waals surface area (Å²) in [5, 5.41) is 0. The van der Waals surface area contributed by atoms with Crippen molar-refractivity contribution in [2.24, 2.45) is 0 Å². The quantitative estimate of drug-likeness (QED) is 0.0346. The summed E-state index contributed by atoms with van der Waals surface area (Å²) in [6.07, 6.45) is 68.9. The normalized spacial score (nSPS) is 12.9. The first-order valence-electron chi connectivity index (χ1n) is 26.1. The summed E-state index contributed by atoms with van der Waals surface area (Å²) >= 11 is 0. The maximum absolute atomic E-state index is 12.8. The zero-order valence-corrected chi connectivity index (χ0v) is 40.9. The predicted molar refractivity (Wildman–Crippen MR) is 270 cm³/mol. The van der Waals surface area contributed by atoms with Gasteiger partial charge in [-0.05, 0) is 83.5 Å². The Bertz CT molecular complexity index is 1160. The largest absolute Gasteiger partial charge is 0.462 e. The number of unbranched alkanes of at least 4 members (excludes halogenated alkanes) is 22. The van der Waals surface area contributed by atoms with Crippen LogP contribution in [0.1, 0.15) is 239 Å². The van der Waals surface area contributed by atoms with E-state index in [1.54, 1.807) is 0 Å². The second kappa shape index (κ2) is 52.4. The van der Waals surface area contributed by atoms with Gasteiger partial charge in [0.1, 0.15) is 6.61 Å². The third-order valence-corrected chi connectivity index (χ3v) is 10.9. The lowest BCUT2D eigenvalue weighted by Gasteiger charge is -2.18. The molecule has 356 valence electrons. The van der Waals surface area contributed by atoms with Gasteiger partial charge >= 0.3 is 11.9 Å². The molecule has 0 heterocycles. The van der Waals surface area contributed by atoms with Crippen molar-refractivity contribution in [3.8, 4) is 0 Å². The topological polar surface area (TPSA) is 61.8 Å². The fourth-order valence-electron chi connectivity index (χ4n) is 7.08. The van der Waals surface area contributed by atoms with Crippen molar-refractivity contribution in [3.05, 3.63) is 85.1 Å². The lowest BCUT2D eigenvalue weighted by atomic mass is 10.0. The van der Waals surface area contributed by atoms with Crippen LogP contribution < -0.4 is 0 Å². The molecule has 0 fully saturated rings. The van der Waals surface area contributed by atoms with Crippen molar-refractivity contribution < 1.29 is 23.8 Å². The fraction of sp³-hybridized carbons (Fsp3) is 0.719. The Labute approximate surface area is 384 Å². The molecular weight excluding hydrogens is 765 g/mol. The van der Waals surface area contributed by atoms with Crippen LogP contribution in [0.15, 0.2) is 85.1 Å². The molecule has 0 N–H and O–H groups in total. The van der Waals surface area contributed by atoms with Gasteiger partial charge in [0.05, 0.1) is 13.2 Å². The van der Waals surface area contributed by atoms with Gasteiger partial charge in [-0.15, -0.1) is 0 Å². The van der Waals surface area contributed by atoms with E-state index < -0.39 is 6.10 Å². The van der Waals surface area contributed by atoms with Gasteiger partial charge in [-0.1, -0.05) is 228 Å². The molecule has 0 aromatic carbocycles. The van der Waals surface area contributed by atoms with Gasteiger partial charge in [-0.3, -0.25) is 9.59 Å². The molecule has 0 amide bonds. The number of hydrogen-bond donors (Lipinski definition) is 0. The molecule has 0 saturated heterocycles. The van der Waals surface area contributed by atoms with Gasteiger partial charge in [0.15, 0.2) is 6.10 Å². The van der Waals surface area contributed by atoms with E-state index in [0.717, 1.165) is 77.0 Å². The molecular formula is C57H98O5. The van der Waals surface area contributed by atoms with Crippen LogP contribution >= 0.6 is 0 Å².